The van der Waals surface area contributed by atoms with Gasteiger partial charge in [0.15, 0.2) is 6.10 Å². The van der Waals surface area contributed by atoms with Crippen molar-refractivity contribution in [1.29, 1.82) is 0 Å². The molecule has 0 fully saturated rings. The van der Waals surface area contributed by atoms with Gasteiger partial charge in [0.2, 0.25) is 0 Å². The molecule has 1 atom stereocenters. The van der Waals surface area contributed by atoms with Gasteiger partial charge in [-0.15, -0.1) is 0 Å². The molecule has 0 spiro atoms. The van der Waals surface area contributed by atoms with Gasteiger partial charge in [-0.05, 0) is 25.2 Å². The number of hydrogen-bond acceptors (Lipinski definition) is 6. The van der Waals surface area contributed by atoms with Gasteiger partial charge in [0, 0.05) is 19.3 Å². The average molecular weight is 793 g/mol. The summed E-state index contributed by atoms with van der Waals surface area (Å²) in [4.78, 5) is 37.8. The maximum absolute atomic E-state index is 12.7. The van der Waals surface area contributed by atoms with Crippen molar-refractivity contribution in [3.8, 4) is 0 Å². The first-order valence-corrected chi connectivity index (χ1v) is 24.9. The standard InChI is InChI=1S/C50H96O6/c1-5-7-9-11-13-15-21-26-29-33-37-41-48(51)54-44-47(56-50(53)43-39-35-31-25-16-14-12-10-8-6-2)45-55-49(52)42-38-34-30-27-23-20-18-17-19-22-24-28-32-36-40-46(3)4/h46-47H,5-45H2,1-4H3/t47-/m1/s1. The minimum absolute atomic E-state index is 0.0630. The minimum atomic E-state index is -0.759. The summed E-state index contributed by atoms with van der Waals surface area (Å²) in [6.45, 7) is 9.01. The summed E-state index contributed by atoms with van der Waals surface area (Å²) in [6, 6.07) is 0. The Balaban J connectivity index is 4.25. The van der Waals surface area contributed by atoms with Crippen LogP contribution in [0.5, 0.6) is 0 Å². The summed E-state index contributed by atoms with van der Waals surface area (Å²) >= 11 is 0. The van der Waals surface area contributed by atoms with E-state index in [1.54, 1.807) is 0 Å². The van der Waals surface area contributed by atoms with Gasteiger partial charge in [-0.1, -0.05) is 240 Å². The van der Waals surface area contributed by atoms with Crippen LogP contribution >= 0.6 is 0 Å². The van der Waals surface area contributed by atoms with Gasteiger partial charge in [0.1, 0.15) is 13.2 Å². The van der Waals surface area contributed by atoms with Crippen LogP contribution in [0.15, 0.2) is 0 Å². The number of hydrogen-bond donors (Lipinski definition) is 0. The Morgan fingerprint density at radius 3 is 0.875 bits per heavy atom. The van der Waals surface area contributed by atoms with Crippen LogP contribution in [0, 0.1) is 5.92 Å². The normalized spacial score (nSPS) is 11.9. The van der Waals surface area contributed by atoms with Crippen LogP contribution < -0.4 is 0 Å². The number of carbonyl (C=O) groups is 3. The molecule has 6 nitrogen and oxygen atoms in total. The van der Waals surface area contributed by atoms with Crippen LogP contribution in [-0.4, -0.2) is 37.2 Å². The highest BCUT2D eigenvalue weighted by Crippen LogP contribution is 2.17. The highest BCUT2D eigenvalue weighted by atomic mass is 16.6. The lowest BCUT2D eigenvalue weighted by atomic mass is 10.0. The fraction of sp³-hybridized carbons (Fsp3) is 0.940. The van der Waals surface area contributed by atoms with Crippen LogP contribution in [-0.2, 0) is 28.6 Å². The van der Waals surface area contributed by atoms with Gasteiger partial charge in [-0.25, -0.2) is 0 Å². The smallest absolute Gasteiger partial charge is 0.306 e. The summed E-state index contributed by atoms with van der Waals surface area (Å²) in [5, 5.41) is 0. The molecule has 0 aliphatic heterocycles. The zero-order valence-electron chi connectivity index (χ0n) is 38.1. The van der Waals surface area contributed by atoms with Crippen molar-refractivity contribution in [3.63, 3.8) is 0 Å². The van der Waals surface area contributed by atoms with E-state index in [-0.39, 0.29) is 31.1 Å². The van der Waals surface area contributed by atoms with Gasteiger partial charge in [0.05, 0.1) is 0 Å². The Morgan fingerprint density at radius 2 is 0.589 bits per heavy atom. The largest absolute Gasteiger partial charge is 0.462 e. The third kappa shape index (κ3) is 43.5. The number of esters is 3. The van der Waals surface area contributed by atoms with Gasteiger partial charge < -0.3 is 14.2 Å². The second-order valence-corrected chi connectivity index (χ2v) is 17.6. The van der Waals surface area contributed by atoms with E-state index < -0.39 is 6.10 Å². The third-order valence-corrected chi connectivity index (χ3v) is 11.3. The first kappa shape index (κ1) is 54.4. The molecule has 0 amide bonds. The van der Waals surface area contributed by atoms with E-state index in [0.717, 1.165) is 63.7 Å². The van der Waals surface area contributed by atoms with Gasteiger partial charge >= 0.3 is 17.9 Å². The molecule has 0 aromatic heterocycles. The number of carbonyl (C=O) groups excluding carboxylic acids is 3. The topological polar surface area (TPSA) is 78.9 Å². The van der Waals surface area contributed by atoms with E-state index in [1.807, 2.05) is 0 Å². The Bertz CT molecular complexity index is 841. The zero-order valence-corrected chi connectivity index (χ0v) is 38.1. The lowest BCUT2D eigenvalue weighted by molar-refractivity contribution is -0.167. The summed E-state index contributed by atoms with van der Waals surface area (Å²) in [7, 11) is 0. The molecular weight excluding hydrogens is 697 g/mol. The Hall–Kier alpha value is -1.59. The van der Waals surface area contributed by atoms with Crippen molar-refractivity contribution in [2.75, 3.05) is 13.2 Å². The van der Waals surface area contributed by atoms with Gasteiger partial charge in [0.25, 0.3) is 0 Å². The quantitative estimate of drug-likeness (QED) is 0.0347. The predicted octanol–water partition coefficient (Wildman–Crippen LogP) is 15.9. The monoisotopic (exact) mass is 793 g/mol. The van der Waals surface area contributed by atoms with E-state index in [1.165, 1.54) is 173 Å². The maximum atomic E-state index is 12.7. The summed E-state index contributed by atoms with van der Waals surface area (Å²) in [5.41, 5.74) is 0. The SMILES string of the molecule is CCCCCCCCCCCCCC(=O)OC[C@H](COC(=O)CCCCCCCCCCCCCCCCC(C)C)OC(=O)CCCCCCCCCCCC. The van der Waals surface area contributed by atoms with Crippen LogP contribution in [0.25, 0.3) is 0 Å². The van der Waals surface area contributed by atoms with Crippen molar-refractivity contribution in [2.24, 2.45) is 5.92 Å². The highest BCUT2D eigenvalue weighted by Gasteiger charge is 2.19. The Morgan fingerprint density at radius 1 is 0.339 bits per heavy atom. The molecule has 332 valence electrons. The lowest BCUT2D eigenvalue weighted by Gasteiger charge is -2.18. The lowest BCUT2D eigenvalue weighted by Crippen LogP contribution is -2.30. The molecule has 6 heteroatoms. The van der Waals surface area contributed by atoms with Crippen molar-refractivity contribution < 1.29 is 28.6 Å². The van der Waals surface area contributed by atoms with Crippen LogP contribution in [0.4, 0.5) is 0 Å². The number of rotatable bonds is 45. The van der Waals surface area contributed by atoms with E-state index in [2.05, 4.69) is 27.7 Å². The van der Waals surface area contributed by atoms with Gasteiger partial charge in [-0.3, -0.25) is 14.4 Å². The number of unbranched alkanes of at least 4 members (excludes halogenated alkanes) is 32. The van der Waals surface area contributed by atoms with Crippen molar-refractivity contribution in [1.82, 2.24) is 0 Å². The first-order valence-electron chi connectivity index (χ1n) is 24.9. The Kier molecular flexibility index (Phi) is 43.2. The van der Waals surface area contributed by atoms with E-state index >= 15 is 0 Å². The molecule has 0 heterocycles. The van der Waals surface area contributed by atoms with Crippen molar-refractivity contribution in [3.05, 3.63) is 0 Å². The minimum Gasteiger partial charge on any atom is -0.462 e. The first-order chi connectivity index (χ1) is 27.4. The molecule has 0 aromatic rings. The summed E-state index contributed by atoms with van der Waals surface area (Å²) < 4.78 is 16.7. The van der Waals surface area contributed by atoms with Crippen LogP contribution in [0.1, 0.15) is 278 Å². The zero-order chi connectivity index (χ0) is 41.0. The fourth-order valence-electron chi connectivity index (χ4n) is 7.51. The summed E-state index contributed by atoms with van der Waals surface area (Å²) in [6.07, 6.45) is 45.1. The molecule has 0 saturated heterocycles. The molecule has 56 heavy (non-hydrogen) atoms. The molecule has 0 unspecified atom stereocenters. The highest BCUT2D eigenvalue weighted by molar-refractivity contribution is 5.71. The molecule has 0 aliphatic rings. The van der Waals surface area contributed by atoms with Gasteiger partial charge in [-0.2, -0.15) is 0 Å². The van der Waals surface area contributed by atoms with E-state index in [4.69, 9.17) is 14.2 Å². The fourth-order valence-corrected chi connectivity index (χ4v) is 7.51. The summed E-state index contributed by atoms with van der Waals surface area (Å²) in [5.74, 6) is -0.00438. The number of ether oxygens (including phenoxy) is 3. The molecule has 0 N–H and O–H groups in total. The van der Waals surface area contributed by atoms with Crippen LogP contribution in [0.2, 0.25) is 0 Å². The molecule has 0 rings (SSSR count). The van der Waals surface area contributed by atoms with Crippen molar-refractivity contribution >= 4 is 17.9 Å². The second-order valence-electron chi connectivity index (χ2n) is 17.6. The maximum Gasteiger partial charge on any atom is 0.306 e. The molecule has 0 aliphatic carbocycles. The Labute approximate surface area is 348 Å². The van der Waals surface area contributed by atoms with E-state index in [0.29, 0.717) is 19.3 Å². The molecule has 0 saturated carbocycles. The average Bonchev–Trinajstić information content (AvgIpc) is 3.18. The van der Waals surface area contributed by atoms with Crippen molar-refractivity contribution in [2.45, 2.75) is 284 Å². The molecule has 0 aromatic carbocycles. The second kappa shape index (κ2) is 44.5. The van der Waals surface area contributed by atoms with E-state index in [9.17, 15) is 14.4 Å². The van der Waals surface area contributed by atoms with Crippen LogP contribution in [0.3, 0.4) is 0 Å². The molecule has 0 radical (unpaired) electrons. The molecule has 0 bridgehead atoms. The third-order valence-electron chi connectivity index (χ3n) is 11.3. The molecular formula is C50H96O6. The predicted molar refractivity (Wildman–Crippen MR) is 238 cm³/mol.